The first-order valence-electron chi connectivity index (χ1n) is 9.89. The minimum absolute atomic E-state index is 0.130. The van der Waals surface area contributed by atoms with Gasteiger partial charge in [0.1, 0.15) is 0 Å². The van der Waals surface area contributed by atoms with Crippen LogP contribution in [0.5, 0.6) is 0 Å². The van der Waals surface area contributed by atoms with Gasteiger partial charge in [0.2, 0.25) is 5.78 Å². The molecule has 1 aromatic heterocycles. The maximum Gasteiger partial charge on any atom is 0.338 e. The fraction of sp³-hybridized carbons (Fsp3) is 0.0400. The summed E-state index contributed by atoms with van der Waals surface area (Å²) in [7, 11) is 0. The molecule has 7 heteroatoms. The SMILES string of the molecule is O=C(OCC(=O)c1c[nH]c2ccccc12)c1cccc(N2C(=O)c3ccccc3C2=O)c1. The number of H-pyrrole nitrogens is 1. The molecule has 32 heavy (non-hydrogen) atoms. The normalized spacial score (nSPS) is 12.8. The Bertz CT molecular complexity index is 1380. The van der Waals surface area contributed by atoms with Gasteiger partial charge in [-0.25, -0.2) is 9.69 Å². The summed E-state index contributed by atoms with van der Waals surface area (Å²) < 4.78 is 5.21. The molecule has 0 aliphatic carbocycles. The van der Waals surface area contributed by atoms with Gasteiger partial charge in [-0.2, -0.15) is 0 Å². The maximum absolute atomic E-state index is 12.7. The molecule has 0 bridgehead atoms. The van der Waals surface area contributed by atoms with Crippen LogP contribution in [0.25, 0.3) is 10.9 Å². The van der Waals surface area contributed by atoms with Crippen LogP contribution in [-0.2, 0) is 4.74 Å². The predicted molar refractivity (Wildman–Crippen MR) is 117 cm³/mol. The van der Waals surface area contributed by atoms with Gasteiger partial charge in [-0.05, 0) is 36.4 Å². The number of amides is 2. The van der Waals surface area contributed by atoms with Gasteiger partial charge in [-0.1, -0.05) is 36.4 Å². The zero-order valence-corrected chi connectivity index (χ0v) is 16.7. The van der Waals surface area contributed by atoms with Crippen LogP contribution in [0.2, 0.25) is 0 Å². The van der Waals surface area contributed by atoms with Crippen molar-refractivity contribution >= 4 is 40.2 Å². The number of aromatic amines is 1. The minimum Gasteiger partial charge on any atom is -0.454 e. The number of benzene rings is 3. The number of aromatic nitrogens is 1. The summed E-state index contributed by atoms with van der Waals surface area (Å²) in [5.41, 5.74) is 2.27. The number of nitrogens with one attached hydrogen (secondary N) is 1. The maximum atomic E-state index is 12.7. The van der Waals surface area contributed by atoms with Crippen molar-refractivity contribution in [3.63, 3.8) is 0 Å². The third-order valence-electron chi connectivity index (χ3n) is 5.36. The lowest BCUT2D eigenvalue weighted by Crippen LogP contribution is -2.29. The molecular formula is C25H16N2O5. The molecule has 2 heterocycles. The van der Waals surface area contributed by atoms with Crippen molar-refractivity contribution in [1.29, 1.82) is 0 Å². The Hall–Kier alpha value is -4.52. The van der Waals surface area contributed by atoms with E-state index in [0.29, 0.717) is 16.7 Å². The second kappa shape index (κ2) is 7.63. The summed E-state index contributed by atoms with van der Waals surface area (Å²) in [6.07, 6.45) is 1.59. The Kier molecular flexibility index (Phi) is 4.63. The molecule has 0 spiro atoms. The molecule has 0 unspecified atom stereocenters. The largest absolute Gasteiger partial charge is 0.454 e. The molecule has 0 saturated heterocycles. The second-order valence-corrected chi connectivity index (χ2v) is 7.29. The van der Waals surface area contributed by atoms with Crippen molar-refractivity contribution < 1.29 is 23.9 Å². The molecule has 0 fully saturated rings. The lowest BCUT2D eigenvalue weighted by atomic mass is 10.1. The number of Topliss-reactive ketones (excluding diaryl/α,β-unsaturated/α-hetero) is 1. The fourth-order valence-electron chi connectivity index (χ4n) is 3.79. The Labute approximate surface area is 182 Å². The molecule has 2 amide bonds. The summed E-state index contributed by atoms with van der Waals surface area (Å²) in [4.78, 5) is 54.5. The van der Waals surface area contributed by atoms with Gasteiger partial charge in [0, 0.05) is 22.7 Å². The summed E-state index contributed by atoms with van der Waals surface area (Å²) in [5, 5.41) is 0.751. The van der Waals surface area contributed by atoms with E-state index >= 15 is 0 Å². The number of hydrogen-bond donors (Lipinski definition) is 1. The number of rotatable bonds is 5. The molecule has 0 radical (unpaired) electrons. The lowest BCUT2D eigenvalue weighted by molar-refractivity contribution is 0.0475. The van der Waals surface area contributed by atoms with E-state index in [-0.39, 0.29) is 17.0 Å². The fourth-order valence-corrected chi connectivity index (χ4v) is 3.79. The number of ketones is 1. The van der Waals surface area contributed by atoms with E-state index in [1.807, 2.05) is 24.3 Å². The van der Waals surface area contributed by atoms with E-state index in [1.54, 1.807) is 42.6 Å². The molecule has 3 aromatic carbocycles. The lowest BCUT2D eigenvalue weighted by Gasteiger charge is -2.14. The minimum atomic E-state index is -0.725. The van der Waals surface area contributed by atoms with Gasteiger partial charge in [-0.3, -0.25) is 14.4 Å². The van der Waals surface area contributed by atoms with Crippen LogP contribution in [0.15, 0.2) is 79.0 Å². The Morgan fingerprint density at radius 1 is 0.844 bits per heavy atom. The van der Waals surface area contributed by atoms with Crippen LogP contribution >= 0.6 is 0 Å². The molecular weight excluding hydrogens is 408 g/mol. The number of imide groups is 1. The average molecular weight is 424 g/mol. The number of hydrogen-bond acceptors (Lipinski definition) is 5. The number of nitrogens with zero attached hydrogens (tertiary/aromatic N) is 1. The number of anilines is 1. The summed E-state index contributed by atoms with van der Waals surface area (Å²) in [5.74, 6) is -1.97. The molecule has 1 aliphatic rings. The van der Waals surface area contributed by atoms with Gasteiger partial charge in [0.15, 0.2) is 6.61 Å². The van der Waals surface area contributed by atoms with Gasteiger partial charge < -0.3 is 9.72 Å². The molecule has 0 saturated carbocycles. The quantitative estimate of drug-likeness (QED) is 0.297. The standard InChI is InChI=1S/C25H16N2O5/c28-22(20-13-26-21-11-4-3-8-17(20)21)14-32-25(31)15-6-5-7-16(12-15)27-23(29)18-9-1-2-10-19(18)24(27)30/h1-13,26H,14H2. The zero-order valence-electron chi connectivity index (χ0n) is 16.7. The van der Waals surface area contributed by atoms with Crippen molar-refractivity contribution in [2.75, 3.05) is 11.5 Å². The smallest absolute Gasteiger partial charge is 0.338 e. The summed E-state index contributed by atoms with van der Waals surface area (Å²) in [6, 6.07) is 19.9. The van der Waals surface area contributed by atoms with Crippen LogP contribution in [-0.4, -0.2) is 35.2 Å². The van der Waals surface area contributed by atoms with Crippen LogP contribution in [0, 0.1) is 0 Å². The van der Waals surface area contributed by atoms with Crippen LogP contribution < -0.4 is 4.90 Å². The van der Waals surface area contributed by atoms with Crippen LogP contribution in [0.4, 0.5) is 5.69 Å². The van der Waals surface area contributed by atoms with E-state index in [2.05, 4.69) is 4.98 Å². The molecule has 156 valence electrons. The molecule has 1 N–H and O–H groups in total. The highest BCUT2D eigenvalue weighted by Crippen LogP contribution is 2.29. The van der Waals surface area contributed by atoms with Crippen molar-refractivity contribution in [2.24, 2.45) is 0 Å². The van der Waals surface area contributed by atoms with Crippen molar-refractivity contribution in [3.05, 3.63) is 101 Å². The number of fused-ring (bicyclic) bond motifs is 2. The first kappa shape index (κ1) is 19.4. The van der Waals surface area contributed by atoms with E-state index < -0.39 is 24.4 Å². The first-order chi connectivity index (χ1) is 15.5. The highest BCUT2D eigenvalue weighted by molar-refractivity contribution is 6.34. The molecule has 7 nitrogen and oxygen atoms in total. The van der Waals surface area contributed by atoms with Gasteiger partial charge in [-0.15, -0.1) is 0 Å². The molecule has 0 atom stereocenters. The molecule has 4 aromatic rings. The van der Waals surface area contributed by atoms with Gasteiger partial charge >= 0.3 is 5.97 Å². The van der Waals surface area contributed by atoms with E-state index in [1.165, 1.54) is 12.1 Å². The van der Waals surface area contributed by atoms with E-state index in [9.17, 15) is 19.2 Å². The van der Waals surface area contributed by atoms with Crippen molar-refractivity contribution in [3.8, 4) is 0 Å². The van der Waals surface area contributed by atoms with Gasteiger partial charge in [0.05, 0.1) is 22.4 Å². The second-order valence-electron chi connectivity index (χ2n) is 7.29. The number of carbonyl (C=O) groups is 4. The monoisotopic (exact) mass is 424 g/mol. The summed E-state index contributed by atoms with van der Waals surface area (Å²) in [6.45, 7) is -0.433. The van der Waals surface area contributed by atoms with E-state index in [0.717, 1.165) is 15.8 Å². The van der Waals surface area contributed by atoms with Crippen LogP contribution in [0.3, 0.4) is 0 Å². The Morgan fingerprint density at radius 3 is 2.28 bits per heavy atom. The highest BCUT2D eigenvalue weighted by Gasteiger charge is 2.36. The average Bonchev–Trinajstić information content (AvgIpc) is 3.37. The third kappa shape index (κ3) is 3.16. The Balaban J connectivity index is 1.33. The van der Waals surface area contributed by atoms with Crippen molar-refractivity contribution in [1.82, 2.24) is 4.98 Å². The zero-order chi connectivity index (χ0) is 22.2. The van der Waals surface area contributed by atoms with E-state index in [4.69, 9.17) is 4.74 Å². The predicted octanol–water partition coefficient (Wildman–Crippen LogP) is 4.01. The number of para-hydroxylation sites is 1. The number of ether oxygens (including phenoxy) is 1. The topological polar surface area (TPSA) is 96.5 Å². The molecule has 5 rings (SSSR count). The van der Waals surface area contributed by atoms with Crippen LogP contribution in [0.1, 0.15) is 41.4 Å². The summed E-state index contributed by atoms with van der Waals surface area (Å²) >= 11 is 0. The number of carbonyl (C=O) groups excluding carboxylic acids is 4. The van der Waals surface area contributed by atoms with Crippen molar-refractivity contribution in [2.45, 2.75) is 0 Å². The third-order valence-corrected chi connectivity index (χ3v) is 5.36. The van der Waals surface area contributed by atoms with Gasteiger partial charge in [0.25, 0.3) is 11.8 Å². The Morgan fingerprint density at radius 2 is 1.53 bits per heavy atom. The first-order valence-corrected chi connectivity index (χ1v) is 9.89. The highest BCUT2D eigenvalue weighted by atomic mass is 16.5. The number of esters is 1. The molecule has 1 aliphatic heterocycles.